The van der Waals surface area contributed by atoms with Crippen LogP contribution in [0.15, 0.2) is 30.0 Å². The number of carbonyl (C=O) groups excluding carboxylic acids is 1. The molecule has 4 nitrogen and oxygen atoms in total. The molecule has 0 heterocycles. The van der Waals surface area contributed by atoms with E-state index >= 15 is 0 Å². The van der Waals surface area contributed by atoms with E-state index in [-0.39, 0.29) is 17.5 Å². The van der Waals surface area contributed by atoms with Crippen LogP contribution in [0, 0.1) is 11.3 Å². The Morgan fingerprint density at radius 1 is 1.31 bits per heavy atom. The van der Waals surface area contributed by atoms with Gasteiger partial charge in [-0.3, -0.25) is 4.79 Å². The normalized spacial score (nSPS) is 14.9. The molecule has 0 aromatic heterocycles. The van der Waals surface area contributed by atoms with E-state index in [1.54, 1.807) is 6.20 Å². The van der Waals surface area contributed by atoms with Gasteiger partial charge in [0.15, 0.2) is 0 Å². The van der Waals surface area contributed by atoms with Gasteiger partial charge in [0, 0.05) is 19.8 Å². The Morgan fingerprint density at radius 3 is 2.69 bits per heavy atom. The molecule has 0 fully saturated rings. The maximum absolute atomic E-state index is 12.6. The fourth-order valence-electron chi connectivity index (χ4n) is 3.46. The summed E-state index contributed by atoms with van der Waals surface area (Å²) in [6.07, 6.45) is 9.37. The first-order valence-electron chi connectivity index (χ1n) is 9.83. The van der Waals surface area contributed by atoms with Crippen LogP contribution in [0.2, 0.25) is 0 Å². The van der Waals surface area contributed by atoms with Crippen molar-refractivity contribution in [3.05, 3.63) is 46.7 Å². The van der Waals surface area contributed by atoms with Gasteiger partial charge in [0.2, 0.25) is 0 Å². The zero-order chi connectivity index (χ0) is 18.9. The number of nitrogens with zero attached hydrogens (tertiary/aromatic N) is 2. The number of nitriles is 1. The summed E-state index contributed by atoms with van der Waals surface area (Å²) in [5.41, 5.74) is 4.16. The number of benzene rings is 1. The maximum atomic E-state index is 12.6. The summed E-state index contributed by atoms with van der Waals surface area (Å²) in [5, 5.41) is 12.4. The third kappa shape index (κ3) is 5.36. The highest BCUT2D eigenvalue weighted by Gasteiger charge is 2.18. The van der Waals surface area contributed by atoms with Gasteiger partial charge in [0.25, 0.3) is 5.91 Å². The lowest BCUT2D eigenvalue weighted by Gasteiger charge is -2.22. The Bertz CT molecular complexity index is 687. The van der Waals surface area contributed by atoms with Crippen molar-refractivity contribution in [2.45, 2.75) is 64.8 Å². The molecule has 1 unspecified atom stereocenters. The van der Waals surface area contributed by atoms with E-state index in [9.17, 15) is 10.1 Å². The Kier molecular flexibility index (Phi) is 7.72. The third-order valence-corrected chi connectivity index (χ3v) is 5.07. The molecule has 1 aliphatic rings. The van der Waals surface area contributed by atoms with Gasteiger partial charge in [-0.2, -0.15) is 5.26 Å². The molecule has 0 saturated heterocycles. The predicted molar refractivity (Wildman–Crippen MR) is 105 cm³/mol. The Labute approximate surface area is 157 Å². The van der Waals surface area contributed by atoms with Crippen molar-refractivity contribution < 1.29 is 4.79 Å². The number of amides is 1. The van der Waals surface area contributed by atoms with E-state index in [0.717, 1.165) is 44.2 Å². The van der Waals surface area contributed by atoms with Gasteiger partial charge >= 0.3 is 0 Å². The number of fused-ring (bicyclic) bond motifs is 1. The first-order valence-corrected chi connectivity index (χ1v) is 9.83. The third-order valence-electron chi connectivity index (χ3n) is 5.07. The summed E-state index contributed by atoms with van der Waals surface area (Å²) >= 11 is 0. The van der Waals surface area contributed by atoms with Crippen molar-refractivity contribution in [3.63, 3.8) is 0 Å². The minimum Gasteiger partial charge on any atom is -0.379 e. The largest absolute Gasteiger partial charge is 0.379 e. The molecule has 0 saturated carbocycles. The van der Waals surface area contributed by atoms with Gasteiger partial charge in [-0.05, 0) is 55.2 Å². The monoisotopic (exact) mass is 353 g/mol. The fraction of sp³-hybridized carbons (Fsp3) is 0.545. The molecule has 0 aliphatic heterocycles. The topological polar surface area (TPSA) is 56.1 Å². The van der Waals surface area contributed by atoms with Crippen LogP contribution in [-0.2, 0) is 17.6 Å². The van der Waals surface area contributed by atoms with Crippen molar-refractivity contribution in [1.29, 1.82) is 5.26 Å². The molecular weight excluding hydrogens is 322 g/mol. The number of aryl methyl sites for hydroxylation is 2. The molecule has 4 heteroatoms. The molecule has 0 spiro atoms. The van der Waals surface area contributed by atoms with Gasteiger partial charge in [-0.15, -0.1) is 0 Å². The van der Waals surface area contributed by atoms with E-state index in [2.05, 4.69) is 37.4 Å². The first-order chi connectivity index (χ1) is 12.6. The molecule has 1 N–H and O–H groups in total. The molecule has 26 heavy (non-hydrogen) atoms. The molecule has 1 atom stereocenters. The van der Waals surface area contributed by atoms with Crippen molar-refractivity contribution in [2.75, 3.05) is 13.6 Å². The second kappa shape index (κ2) is 10.0. The SMILES string of the molecule is CCCCN(C)/C=C(/C#N)C(=O)NC(CC)c1ccc2c(c1)CCCC2. The number of hydrogen-bond acceptors (Lipinski definition) is 3. The molecule has 1 aromatic rings. The highest BCUT2D eigenvalue weighted by molar-refractivity contribution is 5.97. The molecule has 1 aromatic carbocycles. The number of hydrogen-bond donors (Lipinski definition) is 1. The fourth-order valence-corrected chi connectivity index (χ4v) is 3.46. The Hall–Kier alpha value is -2.28. The quantitative estimate of drug-likeness (QED) is 0.561. The number of unbranched alkanes of at least 4 members (excludes halogenated alkanes) is 1. The van der Waals surface area contributed by atoms with Gasteiger partial charge in [0.1, 0.15) is 11.6 Å². The predicted octanol–water partition coefficient (Wildman–Crippen LogP) is 4.27. The summed E-state index contributed by atoms with van der Waals surface area (Å²) in [6.45, 7) is 5.03. The molecule has 1 aliphatic carbocycles. The lowest BCUT2D eigenvalue weighted by atomic mass is 9.88. The number of nitrogens with one attached hydrogen (secondary N) is 1. The number of carbonyl (C=O) groups is 1. The van der Waals surface area contributed by atoms with Crippen LogP contribution in [0.1, 0.15) is 68.7 Å². The van der Waals surface area contributed by atoms with Gasteiger partial charge in [-0.25, -0.2) is 0 Å². The van der Waals surface area contributed by atoms with Crippen LogP contribution < -0.4 is 5.32 Å². The Morgan fingerprint density at radius 2 is 2.04 bits per heavy atom. The molecule has 0 bridgehead atoms. The summed E-state index contributed by atoms with van der Waals surface area (Å²) < 4.78 is 0. The van der Waals surface area contributed by atoms with Crippen molar-refractivity contribution in [2.24, 2.45) is 0 Å². The van der Waals surface area contributed by atoms with E-state index in [1.807, 2.05) is 18.0 Å². The molecular formula is C22H31N3O. The standard InChI is InChI=1S/C22H31N3O/c1-4-6-13-25(3)16-20(15-23)22(26)24-21(5-2)19-12-11-17-9-7-8-10-18(17)14-19/h11-12,14,16,21H,4-10,13H2,1-3H3,(H,24,26)/b20-16-. The zero-order valence-electron chi connectivity index (χ0n) is 16.3. The van der Waals surface area contributed by atoms with Crippen LogP contribution >= 0.6 is 0 Å². The van der Waals surface area contributed by atoms with Gasteiger partial charge in [-0.1, -0.05) is 38.5 Å². The average molecular weight is 354 g/mol. The van der Waals surface area contributed by atoms with E-state index < -0.39 is 0 Å². The van der Waals surface area contributed by atoms with Gasteiger partial charge < -0.3 is 10.2 Å². The smallest absolute Gasteiger partial charge is 0.263 e. The highest BCUT2D eigenvalue weighted by atomic mass is 16.1. The molecule has 140 valence electrons. The average Bonchev–Trinajstić information content (AvgIpc) is 2.67. The van der Waals surface area contributed by atoms with Crippen LogP contribution in [0.5, 0.6) is 0 Å². The summed E-state index contributed by atoms with van der Waals surface area (Å²) in [6, 6.07) is 8.56. The van der Waals surface area contributed by atoms with Crippen molar-refractivity contribution >= 4 is 5.91 Å². The second-order valence-electron chi connectivity index (χ2n) is 7.16. The van der Waals surface area contributed by atoms with Gasteiger partial charge in [0.05, 0.1) is 6.04 Å². The second-order valence-corrected chi connectivity index (χ2v) is 7.16. The van der Waals surface area contributed by atoms with E-state index in [4.69, 9.17) is 0 Å². The minimum absolute atomic E-state index is 0.0626. The summed E-state index contributed by atoms with van der Waals surface area (Å²) in [4.78, 5) is 14.5. The maximum Gasteiger partial charge on any atom is 0.263 e. The van der Waals surface area contributed by atoms with Crippen LogP contribution in [0.25, 0.3) is 0 Å². The lowest BCUT2D eigenvalue weighted by molar-refractivity contribution is -0.117. The molecule has 2 rings (SSSR count). The first kappa shape index (κ1) is 20.0. The highest BCUT2D eigenvalue weighted by Crippen LogP contribution is 2.26. The lowest BCUT2D eigenvalue weighted by Crippen LogP contribution is -2.30. The zero-order valence-corrected chi connectivity index (χ0v) is 16.3. The van der Waals surface area contributed by atoms with Crippen LogP contribution in [0.3, 0.4) is 0 Å². The molecule has 0 radical (unpaired) electrons. The minimum atomic E-state index is -0.291. The Balaban J connectivity index is 2.09. The molecule has 1 amide bonds. The van der Waals surface area contributed by atoms with Crippen LogP contribution in [0.4, 0.5) is 0 Å². The van der Waals surface area contributed by atoms with Crippen LogP contribution in [-0.4, -0.2) is 24.4 Å². The van der Waals surface area contributed by atoms with Crippen molar-refractivity contribution in [1.82, 2.24) is 10.2 Å². The summed E-state index contributed by atoms with van der Waals surface area (Å²) in [7, 11) is 1.90. The van der Waals surface area contributed by atoms with E-state index in [0.29, 0.717) is 0 Å². The van der Waals surface area contributed by atoms with Crippen molar-refractivity contribution in [3.8, 4) is 6.07 Å². The summed E-state index contributed by atoms with van der Waals surface area (Å²) in [5.74, 6) is -0.291. The van der Waals surface area contributed by atoms with E-state index in [1.165, 1.54) is 24.0 Å². The number of rotatable bonds is 8.